The molecule has 0 saturated heterocycles. The van der Waals surface area contributed by atoms with Crippen LogP contribution in [0.1, 0.15) is 35.1 Å². The van der Waals surface area contributed by atoms with E-state index in [0.717, 1.165) is 40.4 Å². The molecule has 29 heavy (non-hydrogen) atoms. The van der Waals surface area contributed by atoms with Crippen molar-refractivity contribution in [2.45, 2.75) is 47.3 Å². The van der Waals surface area contributed by atoms with Gasteiger partial charge in [-0.25, -0.2) is 0 Å². The minimum atomic E-state index is 0.545. The fraction of sp³-hybridized carbons (Fsp3) is 0.350. The van der Waals surface area contributed by atoms with Crippen molar-refractivity contribution in [1.29, 1.82) is 0 Å². The highest BCUT2D eigenvalue weighted by Crippen LogP contribution is 2.25. The Labute approximate surface area is 186 Å². The van der Waals surface area contributed by atoms with Crippen molar-refractivity contribution in [2.75, 3.05) is 5.32 Å². The van der Waals surface area contributed by atoms with Crippen LogP contribution in [0.25, 0.3) is 0 Å². The summed E-state index contributed by atoms with van der Waals surface area (Å²) in [6.07, 6.45) is 2.04. The molecule has 0 aliphatic carbocycles. The highest BCUT2D eigenvalue weighted by Gasteiger charge is 2.14. The Hall–Kier alpha value is -2.09. The Morgan fingerprint density at radius 1 is 1.10 bits per heavy atom. The summed E-state index contributed by atoms with van der Waals surface area (Å²) in [5, 5.41) is 17.4. The van der Waals surface area contributed by atoms with E-state index in [2.05, 4.69) is 27.8 Å². The molecule has 2 heterocycles. The molecular formula is C20H24Cl2N6S. The van der Waals surface area contributed by atoms with Crippen LogP contribution in [-0.2, 0) is 19.6 Å². The first kappa shape index (κ1) is 21.6. The number of nitrogens with zero attached hydrogens (tertiary/aromatic N) is 4. The molecule has 2 N–H and O–H groups in total. The monoisotopic (exact) mass is 450 g/mol. The molecule has 9 heteroatoms. The number of anilines is 1. The molecule has 0 aliphatic rings. The molecule has 0 bridgehead atoms. The van der Waals surface area contributed by atoms with E-state index < -0.39 is 0 Å². The highest BCUT2D eigenvalue weighted by atomic mass is 35.5. The Balaban J connectivity index is 1.67. The molecule has 3 aromatic rings. The SMILES string of the molecule is CCn1cc(CNC(=S)Nc2c(C)nn(Cc3ccc(Cl)cc3Cl)c2C)c(C)n1. The number of nitrogens with one attached hydrogen (secondary N) is 2. The van der Waals surface area contributed by atoms with Gasteiger partial charge >= 0.3 is 0 Å². The maximum absolute atomic E-state index is 6.31. The van der Waals surface area contributed by atoms with Gasteiger partial charge in [0.15, 0.2) is 5.11 Å². The third kappa shape index (κ3) is 5.10. The van der Waals surface area contributed by atoms with E-state index in [1.807, 2.05) is 48.5 Å². The number of aryl methyl sites for hydroxylation is 3. The van der Waals surface area contributed by atoms with Gasteiger partial charge in [0.25, 0.3) is 0 Å². The van der Waals surface area contributed by atoms with E-state index in [1.54, 1.807) is 6.07 Å². The van der Waals surface area contributed by atoms with Gasteiger partial charge in [-0.1, -0.05) is 29.3 Å². The van der Waals surface area contributed by atoms with Gasteiger partial charge in [-0.2, -0.15) is 10.2 Å². The topological polar surface area (TPSA) is 59.7 Å². The number of thiocarbonyl (C=S) groups is 1. The first-order valence-electron chi connectivity index (χ1n) is 9.34. The highest BCUT2D eigenvalue weighted by molar-refractivity contribution is 7.80. The number of halogens is 2. The lowest BCUT2D eigenvalue weighted by molar-refractivity contribution is 0.653. The summed E-state index contributed by atoms with van der Waals surface area (Å²) in [6.45, 7) is 10.0. The number of hydrogen-bond acceptors (Lipinski definition) is 3. The first-order valence-corrected chi connectivity index (χ1v) is 10.5. The van der Waals surface area contributed by atoms with E-state index in [0.29, 0.717) is 28.2 Å². The summed E-state index contributed by atoms with van der Waals surface area (Å²) in [5.41, 5.74) is 5.82. The quantitative estimate of drug-likeness (QED) is 0.524. The zero-order valence-electron chi connectivity index (χ0n) is 16.9. The average molecular weight is 451 g/mol. The van der Waals surface area contributed by atoms with Crippen molar-refractivity contribution in [1.82, 2.24) is 24.9 Å². The average Bonchev–Trinajstić information content (AvgIpc) is 3.16. The van der Waals surface area contributed by atoms with E-state index in [1.165, 1.54) is 0 Å². The van der Waals surface area contributed by atoms with Crippen molar-refractivity contribution < 1.29 is 0 Å². The van der Waals surface area contributed by atoms with Crippen LogP contribution in [0, 0.1) is 20.8 Å². The van der Waals surface area contributed by atoms with Gasteiger partial charge in [-0.3, -0.25) is 9.36 Å². The molecule has 0 amide bonds. The van der Waals surface area contributed by atoms with E-state index in [9.17, 15) is 0 Å². The number of hydrogen-bond donors (Lipinski definition) is 2. The van der Waals surface area contributed by atoms with Gasteiger partial charge in [-0.15, -0.1) is 0 Å². The maximum Gasteiger partial charge on any atom is 0.171 e. The number of rotatable bonds is 6. The van der Waals surface area contributed by atoms with Crippen LogP contribution in [0.3, 0.4) is 0 Å². The molecule has 0 aliphatic heterocycles. The van der Waals surface area contributed by atoms with Crippen molar-refractivity contribution >= 4 is 46.2 Å². The standard InChI is InChI=1S/C20H24Cl2N6S/c1-5-27-10-16(12(2)25-27)9-23-20(29)24-19-13(3)26-28(14(19)4)11-15-6-7-17(21)8-18(15)22/h6-8,10H,5,9,11H2,1-4H3,(H2,23,24,29). The van der Waals surface area contributed by atoms with Crippen molar-refractivity contribution in [3.8, 4) is 0 Å². The van der Waals surface area contributed by atoms with Crippen molar-refractivity contribution in [3.63, 3.8) is 0 Å². The minimum Gasteiger partial charge on any atom is -0.358 e. The fourth-order valence-electron chi connectivity index (χ4n) is 3.07. The van der Waals surface area contributed by atoms with Crippen LogP contribution in [0.4, 0.5) is 5.69 Å². The summed E-state index contributed by atoms with van der Waals surface area (Å²) >= 11 is 17.8. The molecule has 2 aromatic heterocycles. The van der Waals surface area contributed by atoms with Crippen LogP contribution in [0.5, 0.6) is 0 Å². The molecule has 0 unspecified atom stereocenters. The van der Waals surface area contributed by atoms with Gasteiger partial charge in [-0.05, 0) is 57.6 Å². The first-order chi connectivity index (χ1) is 13.8. The predicted molar refractivity (Wildman–Crippen MR) is 123 cm³/mol. The largest absolute Gasteiger partial charge is 0.358 e. The fourth-order valence-corrected chi connectivity index (χ4v) is 3.71. The van der Waals surface area contributed by atoms with Crippen molar-refractivity contribution in [2.24, 2.45) is 0 Å². The zero-order chi connectivity index (χ0) is 21.1. The smallest absolute Gasteiger partial charge is 0.171 e. The third-order valence-corrected chi connectivity index (χ3v) is 5.60. The van der Waals surface area contributed by atoms with Crippen LogP contribution >= 0.6 is 35.4 Å². The molecule has 0 saturated carbocycles. The lowest BCUT2D eigenvalue weighted by atomic mass is 10.2. The Morgan fingerprint density at radius 3 is 2.52 bits per heavy atom. The molecule has 1 aromatic carbocycles. The molecule has 0 radical (unpaired) electrons. The van der Waals surface area contributed by atoms with Crippen LogP contribution in [0.2, 0.25) is 10.0 Å². The molecular weight excluding hydrogens is 427 g/mol. The number of aromatic nitrogens is 4. The van der Waals surface area contributed by atoms with Crippen LogP contribution < -0.4 is 10.6 Å². The molecule has 0 atom stereocenters. The summed E-state index contributed by atoms with van der Waals surface area (Å²) in [5.74, 6) is 0. The molecule has 3 rings (SSSR count). The minimum absolute atomic E-state index is 0.545. The molecule has 0 fully saturated rings. The normalized spacial score (nSPS) is 11.0. The molecule has 154 valence electrons. The van der Waals surface area contributed by atoms with Crippen LogP contribution in [-0.4, -0.2) is 24.7 Å². The van der Waals surface area contributed by atoms with Crippen molar-refractivity contribution in [3.05, 3.63) is 62.6 Å². The lowest BCUT2D eigenvalue weighted by Gasteiger charge is -2.11. The second-order valence-corrected chi connectivity index (χ2v) is 8.09. The summed E-state index contributed by atoms with van der Waals surface area (Å²) in [4.78, 5) is 0. The lowest BCUT2D eigenvalue weighted by Crippen LogP contribution is -2.28. The second kappa shape index (κ2) is 9.15. The van der Waals surface area contributed by atoms with Gasteiger partial charge in [0, 0.05) is 34.9 Å². The predicted octanol–water partition coefficient (Wildman–Crippen LogP) is 4.87. The van der Waals surface area contributed by atoms with E-state index >= 15 is 0 Å². The summed E-state index contributed by atoms with van der Waals surface area (Å²) < 4.78 is 3.83. The Morgan fingerprint density at radius 2 is 1.86 bits per heavy atom. The van der Waals surface area contributed by atoms with Gasteiger partial charge in [0.2, 0.25) is 0 Å². The maximum atomic E-state index is 6.31. The summed E-state index contributed by atoms with van der Waals surface area (Å²) in [6, 6.07) is 5.49. The van der Waals surface area contributed by atoms with Crippen LogP contribution in [0.15, 0.2) is 24.4 Å². The molecule has 0 spiro atoms. The Kier molecular flexibility index (Phi) is 6.82. The van der Waals surface area contributed by atoms with Gasteiger partial charge in [0.1, 0.15) is 0 Å². The number of benzene rings is 1. The van der Waals surface area contributed by atoms with E-state index in [4.69, 9.17) is 35.4 Å². The molecule has 6 nitrogen and oxygen atoms in total. The third-order valence-electron chi connectivity index (χ3n) is 4.77. The van der Waals surface area contributed by atoms with Gasteiger partial charge in [0.05, 0.1) is 29.3 Å². The Bertz CT molecular complexity index is 1040. The summed E-state index contributed by atoms with van der Waals surface area (Å²) in [7, 11) is 0. The zero-order valence-corrected chi connectivity index (χ0v) is 19.2. The second-order valence-electron chi connectivity index (χ2n) is 6.84. The van der Waals surface area contributed by atoms with E-state index in [-0.39, 0.29) is 0 Å². The van der Waals surface area contributed by atoms with Gasteiger partial charge < -0.3 is 10.6 Å².